The molecule has 5 heteroatoms. The smallest absolute Gasteiger partial charge is 0.151 e. The van der Waals surface area contributed by atoms with E-state index in [1.54, 1.807) is 6.92 Å². The van der Waals surface area contributed by atoms with E-state index in [9.17, 15) is 9.50 Å². The van der Waals surface area contributed by atoms with Crippen molar-refractivity contribution in [2.45, 2.75) is 13.0 Å². The Bertz CT molecular complexity index is 371. The molecule has 3 nitrogen and oxygen atoms in total. The van der Waals surface area contributed by atoms with E-state index in [-0.39, 0.29) is 22.9 Å². The van der Waals surface area contributed by atoms with Gasteiger partial charge in [0, 0.05) is 6.54 Å². The summed E-state index contributed by atoms with van der Waals surface area (Å²) in [6, 6.07) is 1.45. The van der Waals surface area contributed by atoms with Crippen LogP contribution in [0.4, 0.5) is 4.39 Å². The fourth-order valence-corrected chi connectivity index (χ4v) is 1.71. The first-order valence-corrected chi connectivity index (χ1v) is 4.81. The molecule has 0 bridgehead atoms. The highest BCUT2D eigenvalue weighted by Gasteiger charge is 2.21. The van der Waals surface area contributed by atoms with Crippen LogP contribution in [0.2, 0.25) is 5.02 Å². The largest absolute Gasteiger partial charge is 0.496 e. The second-order valence-corrected chi connectivity index (χ2v) is 3.59. The summed E-state index contributed by atoms with van der Waals surface area (Å²) in [6.45, 7) is 1.63. The Labute approximate surface area is 92.6 Å². The number of methoxy groups -OCH3 is 1. The number of nitrogens with two attached hydrogens (primary N) is 1. The van der Waals surface area contributed by atoms with E-state index in [1.807, 2.05) is 0 Å². The van der Waals surface area contributed by atoms with Crippen molar-refractivity contribution >= 4 is 11.6 Å². The molecular formula is C10H13ClFNO2. The maximum atomic E-state index is 13.6. The van der Waals surface area contributed by atoms with E-state index in [1.165, 1.54) is 13.2 Å². The van der Waals surface area contributed by atoms with Gasteiger partial charge in [-0.3, -0.25) is 0 Å². The summed E-state index contributed by atoms with van der Waals surface area (Å²) >= 11 is 5.67. The zero-order chi connectivity index (χ0) is 11.6. The van der Waals surface area contributed by atoms with Crippen molar-refractivity contribution in [3.63, 3.8) is 0 Å². The number of hydrogen-bond acceptors (Lipinski definition) is 3. The highest BCUT2D eigenvalue weighted by molar-refractivity contribution is 6.31. The van der Waals surface area contributed by atoms with Crippen molar-refractivity contribution in [1.82, 2.24) is 0 Å². The SMILES string of the molecule is COc1c(C)cc(Cl)c(F)c1C(O)CN. The summed E-state index contributed by atoms with van der Waals surface area (Å²) in [7, 11) is 1.41. The van der Waals surface area contributed by atoms with Gasteiger partial charge in [-0.15, -0.1) is 0 Å². The van der Waals surface area contributed by atoms with Crippen LogP contribution in [-0.2, 0) is 0 Å². The van der Waals surface area contributed by atoms with Crippen molar-refractivity contribution in [1.29, 1.82) is 0 Å². The molecule has 0 aliphatic heterocycles. The number of aryl methyl sites for hydroxylation is 1. The van der Waals surface area contributed by atoms with Crippen molar-refractivity contribution in [2.24, 2.45) is 5.73 Å². The van der Waals surface area contributed by atoms with E-state index in [4.69, 9.17) is 22.1 Å². The molecule has 0 aromatic heterocycles. The second kappa shape index (κ2) is 4.79. The number of ether oxygens (including phenoxy) is 1. The third-order valence-electron chi connectivity index (χ3n) is 2.15. The number of aliphatic hydroxyl groups excluding tert-OH is 1. The molecule has 0 heterocycles. The second-order valence-electron chi connectivity index (χ2n) is 3.19. The lowest BCUT2D eigenvalue weighted by molar-refractivity contribution is 0.176. The maximum Gasteiger partial charge on any atom is 0.151 e. The predicted molar refractivity (Wildman–Crippen MR) is 56.7 cm³/mol. The lowest BCUT2D eigenvalue weighted by Crippen LogP contribution is -2.15. The molecule has 1 unspecified atom stereocenters. The maximum absolute atomic E-state index is 13.6. The number of benzene rings is 1. The predicted octanol–water partition coefficient (Wildman–Crippen LogP) is 1.79. The average Bonchev–Trinajstić information content (AvgIpc) is 2.21. The molecule has 1 aromatic rings. The van der Waals surface area contributed by atoms with Crippen molar-refractivity contribution in [3.8, 4) is 5.75 Å². The Kier molecular flexibility index (Phi) is 3.90. The van der Waals surface area contributed by atoms with E-state index >= 15 is 0 Å². The molecule has 0 aliphatic rings. The minimum absolute atomic E-state index is 0.0185. The molecule has 0 radical (unpaired) electrons. The van der Waals surface area contributed by atoms with Gasteiger partial charge in [0.1, 0.15) is 5.75 Å². The van der Waals surface area contributed by atoms with Crippen LogP contribution in [0.25, 0.3) is 0 Å². The standard InChI is InChI=1S/C10H13ClFNO2/c1-5-3-6(11)9(12)8(7(14)4-13)10(5)15-2/h3,7,14H,4,13H2,1-2H3. The lowest BCUT2D eigenvalue weighted by atomic mass is 10.0. The van der Waals surface area contributed by atoms with Gasteiger partial charge in [0.25, 0.3) is 0 Å². The van der Waals surface area contributed by atoms with E-state index in [0.29, 0.717) is 5.56 Å². The molecule has 0 spiro atoms. The molecule has 0 saturated carbocycles. The Balaban J connectivity index is 3.43. The van der Waals surface area contributed by atoms with Gasteiger partial charge >= 0.3 is 0 Å². The minimum atomic E-state index is -1.11. The van der Waals surface area contributed by atoms with E-state index in [0.717, 1.165) is 0 Å². The molecule has 0 fully saturated rings. The van der Waals surface area contributed by atoms with Gasteiger partial charge in [-0.2, -0.15) is 0 Å². The van der Waals surface area contributed by atoms with Crippen molar-refractivity contribution in [2.75, 3.05) is 13.7 Å². The summed E-state index contributed by atoms with van der Waals surface area (Å²) < 4.78 is 18.7. The van der Waals surface area contributed by atoms with Crippen molar-refractivity contribution < 1.29 is 14.2 Å². The van der Waals surface area contributed by atoms with Crippen LogP contribution in [0.3, 0.4) is 0 Å². The third kappa shape index (κ3) is 2.22. The Hall–Kier alpha value is -0.840. The summed E-state index contributed by atoms with van der Waals surface area (Å²) in [4.78, 5) is 0. The minimum Gasteiger partial charge on any atom is -0.496 e. The molecule has 1 rings (SSSR count). The molecule has 1 aromatic carbocycles. The van der Waals surface area contributed by atoms with Crippen LogP contribution in [-0.4, -0.2) is 18.8 Å². The van der Waals surface area contributed by atoms with E-state index < -0.39 is 11.9 Å². The monoisotopic (exact) mass is 233 g/mol. The molecule has 0 aliphatic carbocycles. The highest BCUT2D eigenvalue weighted by atomic mass is 35.5. The van der Waals surface area contributed by atoms with E-state index in [2.05, 4.69) is 0 Å². The summed E-state index contributed by atoms with van der Waals surface area (Å²) in [5.74, 6) is -0.396. The average molecular weight is 234 g/mol. The van der Waals surface area contributed by atoms with Gasteiger partial charge in [0.15, 0.2) is 5.82 Å². The van der Waals surface area contributed by atoms with Crippen LogP contribution in [0.15, 0.2) is 6.07 Å². The number of rotatable bonds is 3. The van der Waals surface area contributed by atoms with Crippen LogP contribution in [0, 0.1) is 12.7 Å². The number of aliphatic hydroxyl groups is 1. The Morgan fingerprint density at radius 3 is 2.73 bits per heavy atom. The highest BCUT2D eigenvalue weighted by Crippen LogP contribution is 2.35. The first-order chi connectivity index (χ1) is 7.02. The Morgan fingerprint density at radius 1 is 1.67 bits per heavy atom. The fraction of sp³-hybridized carbons (Fsp3) is 0.400. The van der Waals surface area contributed by atoms with Crippen LogP contribution in [0.1, 0.15) is 17.2 Å². The van der Waals surface area contributed by atoms with Gasteiger partial charge in [0.2, 0.25) is 0 Å². The van der Waals surface area contributed by atoms with Gasteiger partial charge in [-0.1, -0.05) is 11.6 Å². The van der Waals surface area contributed by atoms with Crippen LogP contribution < -0.4 is 10.5 Å². The molecule has 0 saturated heterocycles. The lowest BCUT2D eigenvalue weighted by Gasteiger charge is -2.17. The number of halogens is 2. The normalized spacial score (nSPS) is 12.7. The molecule has 15 heavy (non-hydrogen) atoms. The van der Waals surface area contributed by atoms with Crippen LogP contribution in [0.5, 0.6) is 5.75 Å². The Morgan fingerprint density at radius 2 is 2.27 bits per heavy atom. The third-order valence-corrected chi connectivity index (χ3v) is 2.43. The summed E-state index contributed by atoms with van der Waals surface area (Å²) in [6.07, 6.45) is -1.11. The molecule has 3 N–H and O–H groups in total. The first kappa shape index (κ1) is 12.2. The zero-order valence-corrected chi connectivity index (χ0v) is 9.31. The van der Waals surface area contributed by atoms with Gasteiger partial charge in [-0.25, -0.2) is 4.39 Å². The zero-order valence-electron chi connectivity index (χ0n) is 8.55. The molecule has 84 valence electrons. The quantitative estimate of drug-likeness (QED) is 0.837. The molecular weight excluding hydrogens is 221 g/mol. The molecule has 1 atom stereocenters. The van der Waals surface area contributed by atoms with Crippen molar-refractivity contribution in [3.05, 3.63) is 28.0 Å². The van der Waals surface area contributed by atoms with Crippen LogP contribution >= 0.6 is 11.6 Å². The van der Waals surface area contributed by atoms with Gasteiger partial charge in [-0.05, 0) is 18.6 Å². The van der Waals surface area contributed by atoms with Gasteiger partial charge < -0.3 is 15.6 Å². The number of hydrogen-bond donors (Lipinski definition) is 2. The fourth-order valence-electron chi connectivity index (χ4n) is 1.45. The first-order valence-electron chi connectivity index (χ1n) is 4.43. The topological polar surface area (TPSA) is 55.5 Å². The molecule has 0 amide bonds. The van der Waals surface area contributed by atoms with Gasteiger partial charge in [0.05, 0.1) is 23.8 Å². The summed E-state index contributed by atoms with van der Waals surface area (Å²) in [5, 5.41) is 9.52. The summed E-state index contributed by atoms with van der Waals surface area (Å²) in [5.41, 5.74) is 5.96.